The van der Waals surface area contributed by atoms with Crippen molar-refractivity contribution in [2.45, 2.75) is 19.8 Å². The molecule has 3 heterocycles. The monoisotopic (exact) mass is 318 g/mol. The van der Waals surface area contributed by atoms with Gasteiger partial charge in [0.25, 0.3) is 5.91 Å². The Hall–Kier alpha value is -2.57. The highest BCUT2D eigenvalue weighted by molar-refractivity contribution is 5.93. The van der Waals surface area contributed by atoms with Gasteiger partial charge in [0.1, 0.15) is 0 Å². The number of aromatic nitrogens is 1. The first kappa shape index (κ1) is 15.3. The standard InChI is InChI=1S/C16H18N2O5/c1-2-21-16(20)11-5-3-7-18(10-11)15(19)12-9-14(23-17-12)13-6-4-8-22-13/h4,6,8-9,11H,2-3,5,7,10H2,1H3. The van der Waals surface area contributed by atoms with Crippen LogP contribution in [0.4, 0.5) is 0 Å². The number of nitrogens with zero attached hydrogens (tertiary/aromatic N) is 2. The van der Waals surface area contributed by atoms with E-state index < -0.39 is 0 Å². The van der Waals surface area contributed by atoms with E-state index in [9.17, 15) is 9.59 Å². The molecule has 122 valence electrons. The van der Waals surface area contributed by atoms with Crippen LogP contribution in [0.25, 0.3) is 11.5 Å². The second kappa shape index (κ2) is 6.68. The number of carbonyl (C=O) groups excluding carboxylic acids is 2. The van der Waals surface area contributed by atoms with Gasteiger partial charge in [0.15, 0.2) is 11.5 Å². The Bertz CT molecular complexity index is 676. The zero-order valence-corrected chi connectivity index (χ0v) is 12.9. The number of piperidine rings is 1. The fourth-order valence-corrected chi connectivity index (χ4v) is 2.69. The van der Waals surface area contributed by atoms with E-state index in [1.54, 1.807) is 30.0 Å². The van der Waals surface area contributed by atoms with E-state index in [4.69, 9.17) is 13.7 Å². The van der Waals surface area contributed by atoms with Crippen LogP contribution in [0, 0.1) is 5.92 Å². The van der Waals surface area contributed by atoms with Crippen molar-refractivity contribution < 1.29 is 23.3 Å². The Labute approximate surface area is 133 Å². The molecule has 1 aliphatic heterocycles. The van der Waals surface area contributed by atoms with Gasteiger partial charge < -0.3 is 18.6 Å². The highest BCUT2D eigenvalue weighted by atomic mass is 16.5. The molecule has 0 spiro atoms. The van der Waals surface area contributed by atoms with Crippen LogP contribution in [0.1, 0.15) is 30.3 Å². The van der Waals surface area contributed by atoms with Crippen molar-refractivity contribution in [2.75, 3.05) is 19.7 Å². The van der Waals surface area contributed by atoms with Crippen LogP contribution in [0.2, 0.25) is 0 Å². The van der Waals surface area contributed by atoms with E-state index in [0.29, 0.717) is 31.2 Å². The summed E-state index contributed by atoms with van der Waals surface area (Å²) in [5.41, 5.74) is 0.209. The Kier molecular flexibility index (Phi) is 4.45. The number of rotatable bonds is 4. The summed E-state index contributed by atoms with van der Waals surface area (Å²) in [5.74, 6) is 0.142. The minimum Gasteiger partial charge on any atom is -0.466 e. The van der Waals surface area contributed by atoms with Gasteiger partial charge in [-0.2, -0.15) is 0 Å². The van der Waals surface area contributed by atoms with Crippen molar-refractivity contribution in [3.8, 4) is 11.5 Å². The molecule has 3 rings (SSSR count). The number of esters is 1. The summed E-state index contributed by atoms with van der Waals surface area (Å²) in [7, 11) is 0. The summed E-state index contributed by atoms with van der Waals surface area (Å²) in [5, 5.41) is 3.81. The molecule has 1 aliphatic rings. The topological polar surface area (TPSA) is 85.8 Å². The van der Waals surface area contributed by atoms with E-state index in [2.05, 4.69) is 5.16 Å². The lowest BCUT2D eigenvalue weighted by atomic mass is 9.98. The molecule has 7 heteroatoms. The Morgan fingerprint density at radius 2 is 2.30 bits per heavy atom. The fraction of sp³-hybridized carbons (Fsp3) is 0.438. The van der Waals surface area contributed by atoms with E-state index in [0.717, 1.165) is 12.8 Å². The molecule has 2 aromatic rings. The molecule has 2 aromatic heterocycles. The van der Waals surface area contributed by atoms with Gasteiger partial charge in [-0.3, -0.25) is 9.59 Å². The molecular weight excluding hydrogens is 300 g/mol. The molecule has 1 amide bonds. The number of ether oxygens (including phenoxy) is 1. The molecule has 1 atom stereocenters. The molecule has 1 fully saturated rings. The molecular formula is C16H18N2O5. The number of carbonyl (C=O) groups is 2. The maximum Gasteiger partial charge on any atom is 0.310 e. The minimum atomic E-state index is -0.274. The van der Waals surface area contributed by atoms with Gasteiger partial charge in [0, 0.05) is 19.2 Å². The lowest BCUT2D eigenvalue weighted by Gasteiger charge is -2.30. The number of hydrogen-bond donors (Lipinski definition) is 0. The third-order valence-electron chi connectivity index (χ3n) is 3.82. The van der Waals surface area contributed by atoms with Crippen molar-refractivity contribution >= 4 is 11.9 Å². The number of amides is 1. The van der Waals surface area contributed by atoms with Gasteiger partial charge in [-0.25, -0.2) is 0 Å². The van der Waals surface area contributed by atoms with Gasteiger partial charge in [-0.05, 0) is 31.9 Å². The van der Waals surface area contributed by atoms with Crippen LogP contribution in [0.3, 0.4) is 0 Å². The van der Waals surface area contributed by atoms with Crippen LogP contribution in [-0.2, 0) is 9.53 Å². The Morgan fingerprint density at radius 1 is 1.43 bits per heavy atom. The third-order valence-corrected chi connectivity index (χ3v) is 3.82. The van der Waals surface area contributed by atoms with Crippen LogP contribution in [-0.4, -0.2) is 41.6 Å². The second-order valence-corrected chi connectivity index (χ2v) is 5.40. The summed E-state index contributed by atoms with van der Waals surface area (Å²) < 4.78 is 15.4. The lowest BCUT2D eigenvalue weighted by molar-refractivity contribution is -0.149. The lowest BCUT2D eigenvalue weighted by Crippen LogP contribution is -2.42. The third kappa shape index (κ3) is 3.28. The van der Waals surface area contributed by atoms with Crippen LogP contribution in [0.15, 0.2) is 33.4 Å². The maximum atomic E-state index is 12.5. The minimum absolute atomic E-state index is 0.209. The molecule has 1 saturated heterocycles. The smallest absolute Gasteiger partial charge is 0.310 e. The van der Waals surface area contributed by atoms with Crippen LogP contribution < -0.4 is 0 Å². The average molecular weight is 318 g/mol. The highest BCUT2D eigenvalue weighted by Gasteiger charge is 2.31. The SMILES string of the molecule is CCOC(=O)C1CCCN(C(=O)c2cc(-c3ccco3)on2)C1. The quantitative estimate of drug-likeness (QED) is 0.804. The molecule has 1 unspecified atom stereocenters. The maximum absolute atomic E-state index is 12.5. The predicted molar refractivity (Wildman–Crippen MR) is 79.5 cm³/mol. The first-order valence-corrected chi connectivity index (χ1v) is 7.65. The first-order valence-electron chi connectivity index (χ1n) is 7.65. The summed E-state index contributed by atoms with van der Waals surface area (Å²) >= 11 is 0. The van der Waals surface area contributed by atoms with Gasteiger partial charge in [-0.1, -0.05) is 5.16 Å². The average Bonchev–Trinajstić information content (AvgIpc) is 3.25. The van der Waals surface area contributed by atoms with Gasteiger partial charge >= 0.3 is 5.97 Å². The van der Waals surface area contributed by atoms with Crippen molar-refractivity contribution in [2.24, 2.45) is 5.92 Å². The summed E-state index contributed by atoms with van der Waals surface area (Å²) in [6.45, 7) is 3.06. The van der Waals surface area contributed by atoms with E-state index in [1.807, 2.05) is 0 Å². The molecule has 7 nitrogen and oxygen atoms in total. The fourth-order valence-electron chi connectivity index (χ4n) is 2.69. The van der Waals surface area contributed by atoms with Crippen molar-refractivity contribution in [3.05, 3.63) is 30.2 Å². The summed E-state index contributed by atoms with van der Waals surface area (Å²) in [6, 6.07) is 5.01. The van der Waals surface area contributed by atoms with Crippen molar-refractivity contribution in [1.82, 2.24) is 10.1 Å². The zero-order chi connectivity index (χ0) is 16.2. The van der Waals surface area contributed by atoms with E-state index in [1.165, 1.54) is 6.26 Å². The highest BCUT2D eigenvalue weighted by Crippen LogP contribution is 2.23. The first-order chi connectivity index (χ1) is 11.2. The number of hydrogen-bond acceptors (Lipinski definition) is 6. The molecule has 0 aliphatic carbocycles. The zero-order valence-electron chi connectivity index (χ0n) is 12.9. The summed E-state index contributed by atoms with van der Waals surface area (Å²) in [4.78, 5) is 26.0. The number of likely N-dealkylation sites (tertiary alicyclic amines) is 1. The van der Waals surface area contributed by atoms with Gasteiger partial charge in [0.2, 0.25) is 5.76 Å². The van der Waals surface area contributed by atoms with Gasteiger partial charge in [0.05, 0.1) is 18.8 Å². The molecule has 0 radical (unpaired) electrons. The van der Waals surface area contributed by atoms with Crippen molar-refractivity contribution in [1.29, 1.82) is 0 Å². The van der Waals surface area contributed by atoms with E-state index >= 15 is 0 Å². The molecule has 0 aromatic carbocycles. The normalized spacial score (nSPS) is 18.0. The number of furan rings is 1. The van der Waals surface area contributed by atoms with Gasteiger partial charge in [-0.15, -0.1) is 0 Å². The Balaban J connectivity index is 1.69. The van der Waals surface area contributed by atoms with Crippen LogP contribution in [0.5, 0.6) is 0 Å². The Morgan fingerprint density at radius 3 is 3.04 bits per heavy atom. The second-order valence-electron chi connectivity index (χ2n) is 5.40. The molecule has 0 N–H and O–H groups in total. The molecule has 0 bridgehead atoms. The predicted octanol–water partition coefficient (Wildman–Crippen LogP) is 2.35. The van der Waals surface area contributed by atoms with Crippen molar-refractivity contribution in [3.63, 3.8) is 0 Å². The van der Waals surface area contributed by atoms with Crippen LogP contribution >= 0.6 is 0 Å². The summed E-state index contributed by atoms with van der Waals surface area (Å²) in [6.07, 6.45) is 3.02. The molecule has 0 saturated carbocycles. The molecule has 23 heavy (non-hydrogen) atoms. The largest absolute Gasteiger partial charge is 0.466 e. The van der Waals surface area contributed by atoms with E-state index in [-0.39, 0.29) is 23.5 Å².